The van der Waals surface area contributed by atoms with Crippen LogP contribution in [0.25, 0.3) is 11.0 Å². The van der Waals surface area contributed by atoms with Crippen molar-refractivity contribution in [3.8, 4) is 0 Å². The summed E-state index contributed by atoms with van der Waals surface area (Å²) in [5.41, 5.74) is 2.31. The molecule has 2 heterocycles. The zero-order valence-electron chi connectivity index (χ0n) is 8.99. The summed E-state index contributed by atoms with van der Waals surface area (Å²) < 4.78 is 3.46. The molecule has 1 aliphatic heterocycles. The zero-order chi connectivity index (χ0) is 11.0. The van der Waals surface area contributed by atoms with E-state index in [1.54, 1.807) is 0 Å². The summed E-state index contributed by atoms with van der Waals surface area (Å²) in [5, 5.41) is 3.39. The van der Waals surface area contributed by atoms with Crippen molar-refractivity contribution in [2.75, 3.05) is 13.1 Å². The van der Waals surface area contributed by atoms with Gasteiger partial charge in [-0.15, -0.1) is 0 Å². The van der Waals surface area contributed by atoms with E-state index < -0.39 is 0 Å². The van der Waals surface area contributed by atoms with Crippen molar-refractivity contribution in [3.63, 3.8) is 0 Å². The van der Waals surface area contributed by atoms with Crippen LogP contribution in [0.15, 0.2) is 29.0 Å². The van der Waals surface area contributed by atoms with Gasteiger partial charge < -0.3 is 9.88 Å². The lowest BCUT2D eigenvalue weighted by Gasteiger charge is -2.24. The molecule has 1 aromatic carbocycles. The van der Waals surface area contributed by atoms with Gasteiger partial charge >= 0.3 is 0 Å². The summed E-state index contributed by atoms with van der Waals surface area (Å²) in [6.45, 7) is 2.21. The summed E-state index contributed by atoms with van der Waals surface area (Å²) in [6.07, 6.45) is 4.35. The van der Waals surface area contributed by atoms with Gasteiger partial charge in [0.25, 0.3) is 0 Å². The highest BCUT2D eigenvalue weighted by atomic mass is 79.9. The molecule has 1 fully saturated rings. The molecule has 0 amide bonds. The lowest BCUT2D eigenvalue weighted by Crippen LogP contribution is -2.29. The van der Waals surface area contributed by atoms with E-state index in [9.17, 15) is 0 Å². The fraction of sp³-hybridized carbons (Fsp3) is 0.417. The largest absolute Gasteiger partial charge is 0.326 e. The standard InChI is InChI=1S/C12H14BrN3/c13-10-2-1-3-11-12(10)16(8-15-11)9-4-6-14-7-5-9/h1-3,8-9,14H,4-7H2. The molecule has 3 nitrogen and oxygen atoms in total. The van der Waals surface area contributed by atoms with Gasteiger partial charge in [0.05, 0.1) is 17.4 Å². The van der Waals surface area contributed by atoms with Gasteiger partial charge in [-0.25, -0.2) is 4.98 Å². The maximum absolute atomic E-state index is 4.47. The topological polar surface area (TPSA) is 29.9 Å². The lowest BCUT2D eigenvalue weighted by molar-refractivity contribution is 0.374. The maximum atomic E-state index is 4.47. The van der Waals surface area contributed by atoms with Crippen molar-refractivity contribution >= 4 is 27.0 Å². The van der Waals surface area contributed by atoms with Crippen LogP contribution in [0.2, 0.25) is 0 Å². The number of nitrogens with zero attached hydrogens (tertiary/aromatic N) is 2. The van der Waals surface area contributed by atoms with Crippen molar-refractivity contribution < 1.29 is 0 Å². The van der Waals surface area contributed by atoms with E-state index in [1.165, 1.54) is 18.4 Å². The molecule has 16 heavy (non-hydrogen) atoms. The van der Waals surface area contributed by atoms with Crippen LogP contribution in [-0.4, -0.2) is 22.6 Å². The molecular formula is C12H14BrN3. The molecule has 0 atom stereocenters. The second-order valence-corrected chi connectivity index (χ2v) is 5.09. The van der Waals surface area contributed by atoms with Crippen molar-refractivity contribution in [1.82, 2.24) is 14.9 Å². The minimum atomic E-state index is 0.588. The third-order valence-corrected chi connectivity index (χ3v) is 3.89. The number of fused-ring (bicyclic) bond motifs is 1. The van der Waals surface area contributed by atoms with E-state index in [0.717, 1.165) is 23.1 Å². The number of para-hydroxylation sites is 1. The van der Waals surface area contributed by atoms with E-state index in [0.29, 0.717) is 6.04 Å². The van der Waals surface area contributed by atoms with Gasteiger partial charge in [0.2, 0.25) is 0 Å². The fourth-order valence-electron chi connectivity index (χ4n) is 2.41. The highest BCUT2D eigenvalue weighted by molar-refractivity contribution is 9.10. The number of hydrogen-bond donors (Lipinski definition) is 1. The normalized spacial score (nSPS) is 18.1. The van der Waals surface area contributed by atoms with E-state index in [4.69, 9.17) is 0 Å². The molecule has 0 spiro atoms. The van der Waals surface area contributed by atoms with Crippen molar-refractivity contribution in [2.45, 2.75) is 18.9 Å². The van der Waals surface area contributed by atoms with Gasteiger partial charge in [0.1, 0.15) is 0 Å². The SMILES string of the molecule is Brc1cccc2ncn(C3CCNCC3)c12. The molecule has 0 aliphatic carbocycles. The maximum Gasteiger partial charge on any atom is 0.0961 e. The van der Waals surface area contributed by atoms with Crippen molar-refractivity contribution in [3.05, 3.63) is 29.0 Å². The quantitative estimate of drug-likeness (QED) is 0.870. The number of piperidine rings is 1. The Balaban J connectivity index is 2.09. The molecular weight excluding hydrogens is 266 g/mol. The number of rotatable bonds is 1. The number of halogens is 1. The first-order valence-corrected chi connectivity index (χ1v) is 6.47. The van der Waals surface area contributed by atoms with Gasteiger partial charge in [-0.2, -0.15) is 0 Å². The number of hydrogen-bond acceptors (Lipinski definition) is 2. The second kappa shape index (κ2) is 4.18. The number of imidazole rings is 1. The first-order chi connectivity index (χ1) is 7.86. The first-order valence-electron chi connectivity index (χ1n) is 5.68. The van der Waals surface area contributed by atoms with Crippen LogP contribution in [0.5, 0.6) is 0 Å². The van der Waals surface area contributed by atoms with Gasteiger partial charge in [0, 0.05) is 10.5 Å². The molecule has 4 heteroatoms. The predicted molar refractivity (Wildman–Crippen MR) is 68.6 cm³/mol. The number of nitrogens with one attached hydrogen (secondary N) is 1. The molecule has 0 radical (unpaired) electrons. The van der Waals surface area contributed by atoms with Gasteiger partial charge in [-0.1, -0.05) is 6.07 Å². The zero-order valence-corrected chi connectivity index (χ0v) is 10.6. The minimum absolute atomic E-state index is 0.588. The average Bonchev–Trinajstić information content (AvgIpc) is 2.75. The number of aromatic nitrogens is 2. The van der Waals surface area contributed by atoms with Gasteiger partial charge in [0.15, 0.2) is 0 Å². The van der Waals surface area contributed by atoms with Crippen LogP contribution < -0.4 is 5.32 Å². The summed E-state index contributed by atoms with van der Waals surface area (Å²) in [4.78, 5) is 4.47. The van der Waals surface area contributed by atoms with Crippen LogP contribution >= 0.6 is 15.9 Å². The summed E-state index contributed by atoms with van der Waals surface area (Å²) in [5.74, 6) is 0. The molecule has 3 rings (SSSR count). The van der Waals surface area contributed by atoms with E-state index in [1.807, 2.05) is 12.4 Å². The summed E-state index contributed by atoms with van der Waals surface area (Å²) in [6, 6.07) is 6.77. The molecule has 84 valence electrons. The average molecular weight is 280 g/mol. The second-order valence-electron chi connectivity index (χ2n) is 4.24. The van der Waals surface area contributed by atoms with Crippen LogP contribution in [0.4, 0.5) is 0 Å². The van der Waals surface area contributed by atoms with Gasteiger partial charge in [-0.3, -0.25) is 0 Å². The van der Waals surface area contributed by atoms with Crippen LogP contribution in [0.3, 0.4) is 0 Å². The van der Waals surface area contributed by atoms with Crippen LogP contribution in [0, 0.1) is 0 Å². The lowest BCUT2D eigenvalue weighted by atomic mass is 10.1. The van der Waals surface area contributed by atoms with E-state index in [2.05, 4.69) is 42.9 Å². The smallest absolute Gasteiger partial charge is 0.0961 e. The predicted octanol–water partition coefficient (Wildman–Crippen LogP) is 2.72. The molecule has 0 saturated carbocycles. The Morgan fingerprint density at radius 2 is 2.12 bits per heavy atom. The Morgan fingerprint density at radius 3 is 2.94 bits per heavy atom. The highest BCUT2D eigenvalue weighted by Gasteiger charge is 2.17. The van der Waals surface area contributed by atoms with Crippen LogP contribution in [0.1, 0.15) is 18.9 Å². The summed E-state index contributed by atoms with van der Waals surface area (Å²) in [7, 11) is 0. The molecule has 0 unspecified atom stereocenters. The number of benzene rings is 1. The van der Waals surface area contributed by atoms with Crippen LogP contribution in [-0.2, 0) is 0 Å². The van der Waals surface area contributed by atoms with Crippen molar-refractivity contribution in [2.24, 2.45) is 0 Å². The Kier molecular flexibility index (Phi) is 2.69. The molecule has 2 aromatic rings. The molecule has 1 aromatic heterocycles. The Labute approximate surface area is 103 Å². The Bertz CT molecular complexity index is 500. The monoisotopic (exact) mass is 279 g/mol. The Morgan fingerprint density at radius 1 is 1.31 bits per heavy atom. The minimum Gasteiger partial charge on any atom is -0.326 e. The Hall–Kier alpha value is -0.870. The van der Waals surface area contributed by atoms with Crippen molar-refractivity contribution in [1.29, 1.82) is 0 Å². The molecule has 1 saturated heterocycles. The highest BCUT2D eigenvalue weighted by Crippen LogP contribution is 2.28. The molecule has 1 aliphatic rings. The fourth-order valence-corrected chi connectivity index (χ4v) is 2.97. The third-order valence-electron chi connectivity index (χ3n) is 3.25. The third kappa shape index (κ3) is 1.66. The molecule has 1 N–H and O–H groups in total. The van der Waals surface area contributed by atoms with E-state index >= 15 is 0 Å². The first kappa shape index (κ1) is 10.3. The van der Waals surface area contributed by atoms with Gasteiger partial charge in [-0.05, 0) is 54.0 Å². The molecule has 0 bridgehead atoms. The van der Waals surface area contributed by atoms with E-state index in [-0.39, 0.29) is 0 Å². The summed E-state index contributed by atoms with van der Waals surface area (Å²) >= 11 is 3.62.